The largest absolute Gasteiger partial charge is 0.348 e. The summed E-state index contributed by atoms with van der Waals surface area (Å²) in [5.74, 6) is 0.786. The van der Waals surface area contributed by atoms with Crippen LogP contribution in [0.2, 0.25) is 0 Å². The van der Waals surface area contributed by atoms with Crippen LogP contribution in [0.1, 0.15) is 60.0 Å². The molecule has 0 bridgehead atoms. The highest BCUT2D eigenvalue weighted by molar-refractivity contribution is 7.18. The van der Waals surface area contributed by atoms with Gasteiger partial charge in [0.1, 0.15) is 0 Å². The molecule has 5 nitrogen and oxygen atoms in total. The van der Waals surface area contributed by atoms with Gasteiger partial charge < -0.3 is 10.2 Å². The van der Waals surface area contributed by atoms with E-state index in [9.17, 15) is 9.59 Å². The first kappa shape index (κ1) is 23.2. The lowest BCUT2D eigenvalue weighted by Crippen LogP contribution is -2.46. The minimum absolute atomic E-state index is 0.0880. The Morgan fingerprint density at radius 1 is 1.21 bits per heavy atom. The number of aromatic nitrogens is 1. The maximum Gasteiger partial charge on any atom is 0.254 e. The average Bonchev–Trinajstić information content (AvgIpc) is 3.26. The van der Waals surface area contributed by atoms with E-state index in [1.54, 1.807) is 11.3 Å². The van der Waals surface area contributed by atoms with Gasteiger partial charge in [-0.05, 0) is 61.1 Å². The van der Waals surface area contributed by atoms with Crippen molar-refractivity contribution in [1.29, 1.82) is 0 Å². The van der Waals surface area contributed by atoms with Gasteiger partial charge in [-0.15, -0.1) is 11.3 Å². The third-order valence-electron chi connectivity index (χ3n) is 6.23. The van der Waals surface area contributed by atoms with Crippen LogP contribution in [0.3, 0.4) is 0 Å². The summed E-state index contributed by atoms with van der Waals surface area (Å²) in [6, 6.07) is 16.0. The highest BCUT2D eigenvalue weighted by Crippen LogP contribution is 2.38. The topological polar surface area (TPSA) is 62.3 Å². The fourth-order valence-corrected chi connectivity index (χ4v) is 5.68. The second-order valence-electron chi connectivity index (χ2n) is 9.14. The molecule has 6 heteroatoms. The molecule has 2 amide bonds. The number of piperidine rings is 1. The van der Waals surface area contributed by atoms with E-state index in [2.05, 4.69) is 48.8 Å². The van der Waals surface area contributed by atoms with Gasteiger partial charge in [0.15, 0.2) is 0 Å². The van der Waals surface area contributed by atoms with Crippen molar-refractivity contribution < 1.29 is 9.59 Å². The molecule has 33 heavy (non-hydrogen) atoms. The zero-order valence-corrected chi connectivity index (χ0v) is 20.1. The van der Waals surface area contributed by atoms with Gasteiger partial charge in [0.2, 0.25) is 5.91 Å². The Hall–Kier alpha value is -2.99. The van der Waals surface area contributed by atoms with E-state index in [4.69, 9.17) is 4.98 Å². The highest BCUT2D eigenvalue weighted by atomic mass is 32.1. The summed E-state index contributed by atoms with van der Waals surface area (Å²) >= 11 is 1.79. The van der Waals surface area contributed by atoms with Crippen molar-refractivity contribution in [2.24, 2.45) is 5.92 Å². The zero-order chi connectivity index (χ0) is 23.4. The van der Waals surface area contributed by atoms with Gasteiger partial charge >= 0.3 is 0 Å². The summed E-state index contributed by atoms with van der Waals surface area (Å²) in [6.07, 6.45) is 4.13. The molecule has 1 aliphatic heterocycles. The maximum absolute atomic E-state index is 13.4. The van der Waals surface area contributed by atoms with E-state index in [1.165, 1.54) is 15.8 Å². The van der Waals surface area contributed by atoms with Gasteiger partial charge in [0.05, 0.1) is 15.2 Å². The first-order chi connectivity index (χ1) is 15.9. The number of likely N-dealkylation sites (tertiary alicyclic amines) is 1. The first-order valence-electron chi connectivity index (χ1n) is 11.6. The van der Waals surface area contributed by atoms with Gasteiger partial charge in [-0.1, -0.05) is 44.7 Å². The van der Waals surface area contributed by atoms with Crippen LogP contribution in [-0.2, 0) is 11.3 Å². The minimum Gasteiger partial charge on any atom is -0.348 e. The monoisotopic (exact) mass is 461 g/mol. The standard InChI is InChI=1S/C27H31N3O2S/c1-4-25(31)28-17-19-9-11-20(12-10-19)27(32)30-14-13-21(16-22(30)15-18(2)3)26-29-23-7-5-6-8-24(23)33-26/h4-12,18,21-22H,1,13-17H2,2-3H3,(H,28,31). The van der Waals surface area contributed by atoms with Crippen LogP contribution in [0.15, 0.2) is 61.2 Å². The molecule has 3 aromatic rings. The number of carbonyl (C=O) groups is 2. The van der Waals surface area contributed by atoms with Gasteiger partial charge in [-0.3, -0.25) is 9.59 Å². The lowest BCUT2D eigenvalue weighted by atomic mass is 9.86. The Kier molecular flexibility index (Phi) is 7.23. The quantitative estimate of drug-likeness (QED) is 0.470. The molecule has 1 saturated heterocycles. The molecule has 0 radical (unpaired) electrons. The maximum atomic E-state index is 13.4. The molecule has 0 aliphatic carbocycles. The molecule has 1 aromatic heterocycles. The van der Waals surface area contributed by atoms with Gasteiger partial charge in [0.25, 0.3) is 5.91 Å². The fraction of sp³-hybridized carbons (Fsp3) is 0.370. The zero-order valence-electron chi connectivity index (χ0n) is 19.3. The number of carbonyl (C=O) groups excluding carboxylic acids is 2. The van der Waals surface area contributed by atoms with E-state index in [1.807, 2.05) is 30.3 Å². The fourth-order valence-electron chi connectivity index (χ4n) is 4.57. The lowest BCUT2D eigenvalue weighted by Gasteiger charge is -2.40. The Bertz CT molecular complexity index is 1100. The van der Waals surface area contributed by atoms with E-state index in [0.29, 0.717) is 23.9 Å². The summed E-state index contributed by atoms with van der Waals surface area (Å²) in [5.41, 5.74) is 2.72. The molecule has 1 aliphatic rings. The number of benzene rings is 2. The van der Waals surface area contributed by atoms with Crippen LogP contribution in [-0.4, -0.2) is 34.3 Å². The molecule has 0 spiro atoms. The van der Waals surface area contributed by atoms with Crippen LogP contribution in [0.4, 0.5) is 0 Å². The smallest absolute Gasteiger partial charge is 0.254 e. The van der Waals surface area contributed by atoms with Crippen molar-refractivity contribution in [3.05, 3.63) is 77.3 Å². The van der Waals surface area contributed by atoms with Crippen LogP contribution in [0, 0.1) is 5.92 Å². The number of para-hydroxylation sites is 1. The van der Waals surface area contributed by atoms with Crippen LogP contribution in [0.25, 0.3) is 10.2 Å². The summed E-state index contributed by atoms with van der Waals surface area (Å²) in [6.45, 7) is 9.06. The first-order valence-corrected chi connectivity index (χ1v) is 12.4. The van der Waals surface area contributed by atoms with Crippen molar-refractivity contribution in [2.45, 2.75) is 51.6 Å². The van der Waals surface area contributed by atoms with E-state index >= 15 is 0 Å². The molecular weight excluding hydrogens is 430 g/mol. The lowest BCUT2D eigenvalue weighted by molar-refractivity contribution is -0.116. The van der Waals surface area contributed by atoms with Gasteiger partial charge in [0, 0.05) is 30.6 Å². The summed E-state index contributed by atoms with van der Waals surface area (Å²) < 4.78 is 1.23. The molecule has 2 heterocycles. The number of fused-ring (bicyclic) bond motifs is 1. The number of nitrogens with zero attached hydrogens (tertiary/aromatic N) is 2. The molecule has 0 saturated carbocycles. The molecule has 2 unspecified atom stereocenters. The summed E-state index contributed by atoms with van der Waals surface area (Å²) in [5, 5.41) is 3.96. The Balaban J connectivity index is 1.47. The molecule has 2 atom stereocenters. The third kappa shape index (κ3) is 5.50. The molecule has 4 rings (SSSR count). The molecule has 172 valence electrons. The van der Waals surface area contributed by atoms with Crippen LogP contribution >= 0.6 is 11.3 Å². The number of hydrogen-bond acceptors (Lipinski definition) is 4. The number of thiazole rings is 1. The minimum atomic E-state index is -0.206. The third-order valence-corrected chi connectivity index (χ3v) is 7.43. The van der Waals surface area contributed by atoms with Crippen molar-refractivity contribution in [3.8, 4) is 0 Å². The van der Waals surface area contributed by atoms with Crippen molar-refractivity contribution in [2.75, 3.05) is 6.54 Å². The van der Waals surface area contributed by atoms with Crippen molar-refractivity contribution >= 4 is 33.4 Å². The van der Waals surface area contributed by atoms with Crippen LogP contribution in [0.5, 0.6) is 0 Å². The second-order valence-corrected chi connectivity index (χ2v) is 10.2. The van der Waals surface area contributed by atoms with E-state index in [0.717, 1.165) is 36.9 Å². The number of amides is 2. The SMILES string of the molecule is C=CC(=O)NCc1ccc(C(=O)N2CCC(c3nc4ccccc4s3)CC2CC(C)C)cc1. The van der Waals surface area contributed by atoms with Gasteiger partial charge in [-0.25, -0.2) is 4.98 Å². The molecule has 2 aromatic carbocycles. The highest BCUT2D eigenvalue weighted by Gasteiger charge is 2.34. The van der Waals surface area contributed by atoms with E-state index < -0.39 is 0 Å². The predicted octanol–water partition coefficient (Wildman–Crippen LogP) is 5.53. The molecular formula is C27H31N3O2S. The number of hydrogen-bond donors (Lipinski definition) is 1. The predicted molar refractivity (Wildman–Crippen MR) is 134 cm³/mol. The number of rotatable bonds is 7. The molecule has 1 N–H and O–H groups in total. The normalized spacial score (nSPS) is 18.5. The average molecular weight is 462 g/mol. The van der Waals surface area contributed by atoms with Crippen LogP contribution < -0.4 is 5.32 Å². The second kappa shape index (κ2) is 10.3. The Morgan fingerprint density at radius 3 is 2.67 bits per heavy atom. The van der Waals surface area contributed by atoms with Gasteiger partial charge in [-0.2, -0.15) is 0 Å². The molecule has 1 fully saturated rings. The Labute approximate surface area is 199 Å². The van der Waals surface area contributed by atoms with E-state index in [-0.39, 0.29) is 17.9 Å². The summed E-state index contributed by atoms with van der Waals surface area (Å²) in [7, 11) is 0. The van der Waals surface area contributed by atoms with Crippen molar-refractivity contribution in [1.82, 2.24) is 15.2 Å². The number of nitrogens with one attached hydrogen (secondary N) is 1. The van der Waals surface area contributed by atoms with Crippen molar-refractivity contribution in [3.63, 3.8) is 0 Å². The summed E-state index contributed by atoms with van der Waals surface area (Å²) in [4.78, 5) is 31.8. The Morgan fingerprint density at radius 2 is 1.97 bits per heavy atom.